The number of rotatable bonds is 4. The first-order chi connectivity index (χ1) is 11.9. The molecule has 1 aliphatic carbocycles. The SMILES string of the molecule is O=C(Oc1ccc2c(c1)CCCC2)c1cc([N+](=O)[O-])cc([N+](=O)[O-])c1. The summed E-state index contributed by atoms with van der Waals surface area (Å²) in [7, 11) is 0. The van der Waals surface area contributed by atoms with Gasteiger partial charge in [0, 0.05) is 12.1 Å². The minimum Gasteiger partial charge on any atom is -0.423 e. The zero-order valence-corrected chi connectivity index (χ0v) is 13.1. The predicted octanol–water partition coefficient (Wildman–Crippen LogP) is 3.60. The van der Waals surface area contributed by atoms with Crippen molar-refractivity contribution in [2.45, 2.75) is 25.7 Å². The van der Waals surface area contributed by atoms with E-state index >= 15 is 0 Å². The quantitative estimate of drug-likeness (QED) is 0.363. The van der Waals surface area contributed by atoms with Crippen molar-refractivity contribution in [3.63, 3.8) is 0 Å². The van der Waals surface area contributed by atoms with Crippen LogP contribution in [0.25, 0.3) is 0 Å². The molecule has 0 atom stereocenters. The highest BCUT2D eigenvalue weighted by Crippen LogP contribution is 2.27. The molecule has 0 N–H and O–H groups in total. The van der Waals surface area contributed by atoms with Crippen LogP contribution in [0.1, 0.15) is 34.3 Å². The maximum atomic E-state index is 12.3. The monoisotopic (exact) mass is 342 g/mol. The van der Waals surface area contributed by atoms with E-state index in [1.807, 2.05) is 6.07 Å². The molecule has 128 valence electrons. The van der Waals surface area contributed by atoms with E-state index in [0.717, 1.165) is 49.4 Å². The summed E-state index contributed by atoms with van der Waals surface area (Å²) in [5.41, 5.74) is 1.02. The molecule has 2 aromatic carbocycles. The molecule has 0 fully saturated rings. The largest absolute Gasteiger partial charge is 0.423 e. The maximum Gasteiger partial charge on any atom is 0.344 e. The third kappa shape index (κ3) is 3.63. The summed E-state index contributed by atoms with van der Waals surface area (Å²) in [6.45, 7) is 0. The summed E-state index contributed by atoms with van der Waals surface area (Å²) in [5.74, 6) is -0.553. The van der Waals surface area contributed by atoms with Gasteiger partial charge in [0.05, 0.1) is 21.5 Å². The highest BCUT2D eigenvalue weighted by atomic mass is 16.6. The molecule has 0 unspecified atom stereocenters. The number of benzene rings is 2. The van der Waals surface area contributed by atoms with E-state index in [1.54, 1.807) is 12.1 Å². The molecule has 0 radical (unpaired) electrons. The van der Waals surface area contributed by atoms with Crippen molar-refractivity contribution in [2.24, 2.45) is 0 Å². The van der Waals surface area contributed by atoms with Crippen LogP contribution in [0.2, 0.25) is 0 Å². The first kappa shape index (κ1) is 16.6. The molecule has 0 heterocycles. The Morgan fingerprint density at radius 2 is 1.48 bits per heavy atom. The van der Waals surface area contributed by atoms with E-state index in [4.69, 9.17) is 4.74 Å². The second-order valence-corrected chi connectivity index (χ2v) is 5.78. The third-order valence-corrected chi connectivity index (χ3v) is 4.09. The maximum absolute atomic E-state index is 12.3. The molecule has 3 rings (SSSR count). The summed E-state index contributed by atoms with van der Waals surface area (Å²) in [6, 6.07) is 8.07. The van der Waals surface area contributed by atoms with Crippen molar-refractivity contribution in [1.29, 1.82) is 0 Å². The molecule has 0 amide bonds. The number of esters is 1. The van der Waals surface area contributed by atoms with Crippen LogP contribution in [0.3, 0.4) is 0 Å². The standard InChI is InChI=1S/C17H14N2O6/c20-17(13-7-14(18(21)22)10-15(8-13)19(23)24)25-16-6-5-11-3-1-2-4-12(11)9-16/h5-10H,1-4H2. The zero-order valence-electron chi connectivity index (χ0n) is 13.1. The van der Waals surface area contributed by atoms with Gasteiger partial charge in [-0.05, 0) is 48.9 Å². The Labute approximate surface area is 142 Å². The average Bonchev–Trinajstić information content (AvgIpc) is 2.61. The number of aryl methyl sites for hydroxylation is 2. The summed E-state index contributed by atoms with van der Waals surface area (Å²) in [6.07, 6.45) is 4.09. The zero-order chi connectivity index (χ0) is 18.0. The average molecular weight is 342 g/mol. The van der Waals surface area contributed by atoms with Gasteiger partial charge in [-0.25, -0.2) is 4.79 Å². The fourth-order valence-corrected chi connectivity index (χ4v) is 2.86. The van der Waals surface area contributed by atoms with Gasteiger partial charge in [0.25, 0.3) is 11.4 Å². The van der Waals surface area contributed by atoms with E-state index in [2.05, 4.69) is 0 Å². The molecule has 2 aromatic rings. The molecule has 0 bridgehead atoms. The van der Waals surface area contributed by atoms with E-state index in [9.17, 15) is 25.0 Å². The second-order valence-electron chi connectivity index (χ2n) is 5.78. The molecule has 1 aliphatic rings. The highest BCUT2D eigenvalue weighted by molar-refractivity contribution is 5.92. The minimum absolute atomic E-state index is 0.237. The summed E-state index contributed by atoms with van der Waals surface area (Å²) >= 11 is 0. The van der Waals surface area contributed by atoms with Crippen LogP contribution in [0.5, 0.6) is 5.75 Å². The van der Waals surface area contributed by atoms with Gasteiger partial charge in [0.1, 0.15) is 5.75 Å². The fourth-order valence-electron chi connectivity index (χ4n) is 2.86. The number of non-ortho nitro benzene ring substituents is 2. The molecular formula is C17H14N2O6. The number of ether oxygens (including phenoxy) is 1. The summed E-state index contributed by atoms with van der Waals surface area (Å²) in [5, 5.41) is 21.8. The highest BCUT2D eigenvalue weighted by Gasteiger charge is 2.21. The number of hydrogen-bond donors (Lipinski definition) is 0. The van der Waals surface area contributed by atoms with Crippen LogP contribution < -0.4 is 4.74 Å². The Morgan fingerprint density at radius 1 is 0.880 bits per heavy atom. The van der Waals surface area contributed by atoms with E-state index in [0.29, 0.717) is 5.75 Å². The molecule has 0 saturated heterocycles. The van der Waals surface area contributed by atoms with Crippen LogP contribution in [-0.4, -0.2) is 15.8 Å². The lowest BCUT2D eigenvalue weighted by molar-refractivity contribution is -0.394. The van der Waals surface area contributed by atoms with E-state index in [-0.39, 0.29) is 5.56 Å². The lowest BCUT2D eigenvalue weighted by atomic mass is 9.92. The Balaban J connectivity index is 1.88. The van der Waals surface area contributed by atoms with Crippen molar-refractivity contribution in [2.75, 3.05) is 0 Å². The van der Waals surface area contributed by atoms with Crippen LogP contribution in [0.4, 0.5) is 11.4 Å². The van der Waals surface area contributed by atoms with Gasteiger partial charge < -0.3 is 4.74 Å². The van der Waals surface area contributed by atoms with Gasteiger partial charge in [-0.15, -0.1) is 0 Å². The predicted molar refractivity (Wildman–Crippen MR) is 87.8 cm³/mol. The number of nitro benzene ring substituents is 2. The van der Waals surface area contributed by atoms with Gasteiger partial charge in [0.2, 0.25) is 0 Å². The van der Waals surface area contributed by atoms with Crippen LogP contribution in [0, 0.1) is 20.2 Å². The van der Waals surface area contributed by atoms with Crippen molar-refractivity contribution >= 4 is 17.3 Å². The molecule has 8 heteroatoms. The number of carbonyl (C=O) groups excluding carboxylic acids is 1. The second kappa shape index (κ2) is 6.68. The Bertz CT molecular complexity index is 845. The molecule has 0 saturated carbocycles. The fraction of sp³-hybridized carbons (Fsp3) is 0.235. The topological polar surface area (TPSA) is 113 Å². The number of fused-ring (bicyclic) bond motifs is 1. The molecular weight excluding hydrogens is 328 g/mol. The van der Waals surface area contributed by atoms with Gasteiger partial charge >= 0.3 is 5.97 Å². The Kier molecular flexibility index (Phi) is 4.42. The van der Waals surface area contributed by atoms with Gasteiger partial charge in [-0.3, -0.25) is 20.2 Å². The number of hydrogen-bond acceptors (Lipinski definition) is 6. The van der Waals surface area contributed by atoms with Crippen LogP contribution >= 0.6 is 0 Å². The van der Waals surface area contributed by atoms with Crippen LogP contribution in [-0.2, 0) is 12.8 Å². The summed E-state index contributed by atoms with van der Waals surface area (Å²) in [4.78, 5) is 32.5. The first-order valence-electron chi connectivity index (χ1n) is 7.72. The molecule has 25 heavy (non-hydrogen) atoms. The van der Waals surface area contributed by atoms with Crippen molar-refractivity contribution in [3.8, 4) is 5.75 Å². The van der Waals surface area contributed by atoms with Crippen molar-refractivity contribution in [3.05, 3.63) is 73.3 Å². The lowest BCUT2D eigenvalue weighted by Crippen LogP contribution is -2.11. The van der Waals surface area contributed by atoms with Crippen molar-refractivity contribution in [1.82, 2.24) is 0 Å². The minimum atomic E-state index is -0.873. The van der Waals surface area contributed by atoms with Crippen LogP contribution in [0.15, 0.2) is 36.4 Å². The third-order valence-electron chi connectivity index (χ3n) is 4.09. The molecule has 0 aromatic heterocycles. The normalized spacial score (nSPS) is 13.0. The number of nitro groups is 2. The first-order valence-corrected chi connectivity index (χ1v) is 7.72. The Morgan fingerprint density at radius 3 is 2.08 bits per heavy atom. The molecule has 0 spiro atoms. The number of carbonyl (C=O) groups is 1. The molecule has 0 aliphatic heterocycles. The van der Waals surface area contributed by atoms with Gasteiger partial charge in [0.15, 0.2) is 0 Å². The number of nitrogens with zero attached hydrogens (tertiary/aromatic N) is 2. The lowest BCUT2D eigenvalue weighted by Gasteiger charge is -2.16. The van der Waals surface area contributed by atoms with Gasteiger partial charge in [-0.2, -0.15) is 0 Å². The van der Waals surface area contributed by atoms with Gasteiger partial charge in [-0.1, -0.05) is 6.07 Å². The molecule has 8 nitrogen and oxygen atoms in total. The smallest absolute Gasteiger partial charge is 0.344 e. The van der Waals surface area contributed by atoms with Crippen molar-refractivity contribution < 1.29 is 19.4 Å². The summed E-state index contributed by atoms with van der Waals surface area (Å²) < 4.78 is 5.25. The van der Waals surface area contributed by atoms with E-state index < -0.39 is 27.2 Å². The van der Waals surface area contributed by atoms with E-state index in [1.165, 1.54) is 5.56 Å². The Hall–Kier alpha value is -3.29.